The zero-order valence-electron chi connectivity index (χ0n) is 10.6. The lowest BCUT2D eigenvalue weighted by atomic mass is 10.1. The van der Waals surface area contributed by atoms with Crippen molar-refractivity contribution in [2.45, 2.75) is 25.9 Å². The molecule has 19 heavy (non-hydrogen) atoms. The van der Waals surface area contributed by atoms with E-state index in [0.717, 1.165) is 23.4 Å². The van der Waals surface area contributed by atoms with Crippen molar-refractivity contribution in [3.8, 4) is 0 Å². The van der Waals surface area contributed by atoms with Gasteiger partial charge in [-0.1, -0.05) is 0 Å². The molecule has 0 radical (unpaired) electrons. The lowest BCUT2D eigenvalue weighted by Gasteiger charge is -2.10. The minimum atomic E-state index is -0.170. The second-order valence-electron chi connectivity index (χ2n) is 4.31. The molecular weight excluding hydrogens is 242 g/mol. The molecule has 0 fully saturated rings. The van der Waals surface area contributed by atoms with Crippen LogP contribution < -0.4 is 5.73 Å². The third-order valence-electron chi connectivity index (χ3n) is 3.15. The average molecular weight is 257 g/mol. The van der Waals surface area contributed by atoms with Gasteiger partial charge < -0.3 is 5.73 Å². The van der Waals surface area contributed by atoms with E-state index in [2.05, 4.69) is 20.2 Å². The van der Waals surface area contributed by atoms with Gasteiger partial charge >= 0.3 is 0 Å². The Morgan fingerprint density at radius 1 is 1.32 bits per heavy atom. The highest BCUT2D eigenvalue weighted by Crippen LogP contribution is 2.19. The van der Waals surface area contributed by atoms with E-state index in [1.165, 1.54) is 0 Å². The number of hydrogen-bond acceptors (Lipinski definition) is 5. The summed E-state index contributed by atoms with van der Waals surface area (Å²) < 4.78 is 3.62. The van der Waals surface area contributed by atoms with Crippen LogP contribution in [0, 0.1) is 0 Å². The molecule has 3 heterocycles. The Hall–Kier alpha value is -2.28. The molecule has 0 spiro atoms. The molecular formula is C12H15N7. The molecule has 0 aliphatic carbocycles. The van der Waals surface area contributed by atoms with E-state index in [1.54, 1.807) is 35.6 Å². The first-order valence-electron chi connectivity index (χ1n) is 6.19. The molecule has 3 aromatic rings. The minimum Gasteiger partial charge on any atom is -0.323 e. The maximum Gasteiger partial charge on any atom is 0.138 e. The van der Waals surface area contributed by atoms with Crippen molar-refractivity contribution in [3.63, 3.8) is 0 Å². The van der Waals surface area contributed by atoms with Crippen LogP contribution >= 0.6 is 0 Å². The Bertz CT molecular complexity index is 684. The van der Waals surface area contributed by atoms with Gasteiger partial charge in [-0.25, -0.2) is 9.50 Å². The van der Waals surface area contributed by atoms with Gasteiger partial charge in [0.25, 0.3) is 0 Å². The SMILES string of the molecule is CCn1ncnc1CC(N)c1cnn2ccncc12. The first-order valence-corrected chi connectivity index (χ1v) is 6.19. The molecule has 0 aliphatic heterocycles. The average Bonchev–Trinajstić information content (AvgIpc) is 3.04. The number of fused-ring (bicyclic) bond motifs is 1. The lowest BCUT2D eigenvalue weighted by molar-refractivity contribution is 0.582. The van der Waals surface area contributed by atoms with Crippen LogP contribution in [0.25, 0.3) is 5.52 Å². The van der Waals surface area contributed by atoms with Gasteiger partial charge in [-0.05, 0) is 6.92 Å². The van der Waals surface area contributed by atoms with Crippen molar-refractivity contribution in [2.24, 2.45) is 5.73 Å². The van der Waals surface area contributed by atoms with E-state index in [-0.39, 0.29) is 6.04 Å². The summed E-state index contributed by atoms with van der Waals surface area (Å²) in [6, 6.07) is -0.170. The van der Waals surface area contributed by atoms with Crippen molar-refractivity contribution in [2.75, 3.05) is 0 Å². The molecule has 7 nitrogen and oxygen atoms in total. The Labute approximate surface area is 110 Å². The minimum absolute atomic E-state index is 0.170. The summed E-state index contributed by atoms with van der Waals surface area (Å²) in [6.07, 6.45) is 9.25. The zero-order valence-corrected chi connectivity index (χ0v) is 10.6. The first-order chi connectivity index (χ1) is 9.29. The second-order valence-corrected chi connectivity index (χ2v) is 4.31. The first kappa shape index (κ1) is 11.8. The van der Waals surface area contributed by atoms with Crippen molar-refractivity contribution >= 4 is 5.52 Å². The van der Waals surface area contributed by atoms with Crippen LogP contribution in [0.2, 0.25) is 0 Å². The van der Waals surface area contributed by atoms with E-state index >= 15 is 0 Å². The molecule has 7 heteroatoms. The van der Waals surface area contributed by atoms with Crippen molar-refractivity contribution in [1.29, 1.82) is 0 Å². The topological polar surface area (TPSA) is 86.9 Å². The third-order valence-corrected chi connectivity index (χ3v) is 3.15. The van der Waals surface area contributed by atoms with E-state index < -0.39 is 0 Å². The molecule has 98 valence electrons. The van der Waals surface area contributed by atoms with E-state index in [9.17, 15) is 0 Å². The van der Waals surface area contributed by atoms with Gasteiger partial charge in [0.2, 0.25) is 0 Å². The molecule has 1 unspecified atom stereocenters. The third kappa shape index (κ3) is 2.08. The Morgan fingerprint density at radius 2 is 2.21 bits per heavy atom. The Kier molecular flexibility index (Phi) is 2.96. The van der Waals surface area contributed by atoms with Crippen LogP contribution in [-0.4, -0.2) is 29.4 Å². The quantitative estimate of drug-likeness (QED) is 0.739. The van der Waals surface area contributed by atoms with Crippen LogP contribution in [-0.2, 0) is 13.0 Å². The van der Waals surface area contributed by atoms with Crippen molar-refractivity contribution in [1.82, 2.24) is 29.4 Å². The van der Waals surface area contributed by atoms with Crippen molar-refractivity contribution in [3.05, 3.63) is 42.5 Å². The summed E-state index contributed by atoms with van der Waals surface area (Å²) in [7, 11) is 0. The number of nitrogens with zero attached hydrogens (tertiary/aromatic N) is 6. The van der Waals surface area contributed by atoms with E-state index in [0.29, 0.717) is 6.42 Å². The standard InChI is InChI=1S/C12H15N7/c1-2-18-12(15-8-17-18)5-10(13)9-6-16-19-4-3-14-7-11(9)19/h3-4,6-8,10H,2,5,13H2,1H3. The highest BCUT2D eigenvalue weighted by molar-refractivity contribution is 5.53. The molecule has 2 N–H and O–H groups in total. The number of rotatable bonds is 4. The fourth-order valence-corrected chi connectivity index (χ4v) is 2.16. The predicted octanol–water partition coefficient (Wildman–Crippen LogP) is 0.583. The molecule has 3 aromatic heterocycles. The van der Waals surface area contributed by atoms with Gasteiger partial charge in [-0.2, -0.15) is 10.2 Å². The zero-order chi connectivity index (χ0) is 13.2. The van der Waals surface area contributed by atoms with E-state index in [1.807, 2.05) is 11.6 Å². The molecule has 0 aromatic carbocycles. The summed E-state index contributed by atoms with van der Waals surface area (Å²) in [6.45, 7) is 2.82. The Morgan fingerprint density at radius 3 is 3.05 bits per heavy atom. The van der Waals surface area contributed by atoms with Gasteiger partial charge in [0.05, 0.1) is 17.9 Å². The summed E-state index contributed by atoms with van der Waals surface area (Å²) in [4.78, 5) is 8.36. The van der Waals surface area contributed by atoms with Gasteiger partial charge in [-0.3, -0.25) is 9.67 Å². The molecule has 0 aliphatic rings. The van der Waals surface area contributed by atoms with Crippen molar-refractivity contribution < 1.29 is 0 Å². The van der Waals surface area contributed by atoms with Gasteiger partial charge in [0.15, 0.2) is 0 Å². The van der Waals surface area contributed by atoms with Crippen LogP contribution in [0.15, 0.2) is 31.1 Å². The monoisotopic (exact) mass is 257 g/mol. The Balaban J connectivity index is 1.90. The van der Waals surface area contributed by atoms with Gasteiger partial charge in [0, 0.05) is 37.0 Å². The molecule has 0 saturated carbocycles. The molecule has 0 amide bonds. The van der Waals surface area contributed by atoms with Gasteiger partial charge in [0.1, 0.15) is 12.2 Å². The van der Waals surface area contributed by atoms with Crippen LogP contribution in [0.4, 0.5) is 0 Å². The summed E-state index contributed by atoms with van der Waals surface area (Å²) in [5, 5.41) is 8.41. The lowest BCUT2D eigenvalue weighted by Crippen LogP contribution is -2.16. The normalized spacial score (nSPS) is 12.9. The largest absolute Gasteiger partial charge is 0.323 e. The van der Waals surface area contributed by atoms with Crippen LogP contribution in [0.3, 0.4) is 0 Å². The smallest absolute Gasteiger partial charge is 0.138 e. The predicted molar refractivity (Wildman–Crippen MR) is 69.3 cm³/mol. The molecule has 0 saturated heterocycles. The van der Waals surface area contributed by atoms with Crippen LogP contribution in [0.1, 0.15) is 24.4 Å². The number of aromatic nitrogens is 6. The van der Waals surface area contributed by atoms with Crippen LogP contribution in [0.5, 0.6) is 0 Å². The summed E-state index contributed by atoms with van der Waals surface area (Å²) in [5.41, 5.74) is 8.16. The molecule has 1 atom stereocenters. The summed E-state index contributed by atoms with van der Waals surface area (Å²) in [5.74, 6) is 0.887. The van der Waals surface area contributed by atoms with Gasteiger partial charge in [-0.15, -0.1) is 0 Å². The van der Waals surface area contributed by atoms with E-state index in [4.69, 9.17) is 5.73 Å². The highest BCUT2D eigenvalue weighted by Gasteiger charge is 2.15. The second kappa shape index (κ2) is 4.77. The highest BCUT2D eigenvalue weighted by atomic mass is 15.3. The fraction of sp³-hybridized carbons (Fsp3) is 0.333. The number of aryl methyl sites for hydroxylation is 1. The molecule has 0 bridgehead atoms. The maximum atomic E-state index is 6.26. The number of nitrogens with two attached hydrogens (primary N) is 1. The maximum absolute atomic E-state index is 6.26. The fourth-order valence-electron chi connectivity index (χ4n) is 2.16. The summed E-state index contributed by atoms with van der Waals surface area (Å²) >= 11 is 0. The molecule has 3 rings (SSSR count). The number of hydrogen-bond donors (Lipinski definition) is 1.